The minimum atomic E-state index is -0.655. The van der Waals surface area contributed by atoms with E-state index in [1.165, 1.54) is 16.9 Å². The number of halogens is 1. The molecule has 0 saturated heterocycles. The van der Waals surface area contributed by atoms with Gasteiger partial charge in [-0.05, 0) is 48.1 Å². The molecule has 1 aliphatic rings. The van der Waals surface area contributed by atoms with Gasteiger partial charge in [-0.2, -0.15) is 5.10 Å². The van der Waals surface area contributed by atoms with Crippen LogP contribution in [-0.2, 0) is 22.0 Å². The van der Waals surface area contributed by atoms with Gasteiger partial charge in [0.05, 0.1) is 11.6 Å². The Kier molecular flexibility index (Phi) is 6.14. The van der Waals surface area contributed by atoms with Gasteiger partial charge in [0.1, 0.15) is 24.0 Å². The molecule has 0 radical (unpaired) electrons. The van der Waals surface area contributed by atoms with Crippen LogP contribution in [0, 0.1) is 5.82 Å². The van der Waals surface area contributed by atoms with Gasteiger partial charge in [-0.3, -0.25) is 10.00 Å². The van der Waals surface area contributed by atoms with Crippen LogP contribution in [0.3, 0.4) is 0 Å². The second kappa shape index (κ2) is 9.41. The lowest BCUT2D eigenvalue weighted by Gasteiger charge is -2.15. The smallest absolute Gasteiger partial charge is 0.413 e. The van der Waals surface area contributed by atoms with E-state index in [9.17, 15) is 9.59 Å². The first kappa shape index (κ1) is 23.5. The van der Waals surface area contributed by atoms with Crippen molar-refractivity contribution in [2.45, 2.75) is 31.3 Å². The fourth-order valence-corrected chi connectivity index (χ4v) is 4.38. The van der Waals surface area contributed by atoms with Crippen LogP contribution in [0.5, 0.6) is 0 Å². The molecule has 182 valence electrons. The standard InChI is InChI=1S/C29H26FN3O3/c1-19(20-6-4-3-5-7-20)36-28(35)32-27-25(17-31-33(27)2)24-13-10-22(16-26(24)30)21-8-11-23(12-9-21)29(18-34)14-15-29/h3-13,16-19H,14-15H2,1-2H3,(H,32,35)/t19-/m1/s1. The molecule has 1 aliphatic carbocycles. The molecule has 0 aliphatic heterocycles. The summed E-state index contributed by atoms with van der Waals surface area (Å²) in [5.74, 6) is -0.106. The summed E-state index contributed by atoms with van der Waals surface area (Å²) in [5, 5.41) is 6.91. The monoisotopic (exact) mass is 483 g/mol. The average molecular weight is 484 g/mol. The summed E-state index contributed by atoms with van der Waals surface area (Å²) in [4.78, 5) is 24.0. The maximum atomic E-state index is 15.3. The van der Waals surface area contributed by atoms with Gasteiger partial charge in [0.25, 0.3) is 0 Å². The highest BCUT2D eigenvalue weighted by Gasteiger charge is 2.44. The third kappa shape index (κ3) is 4.52. The van der Waals surface area contributed by atoms with E-state index in [4.69, 9.17) is 4.74 Å². The number of amides is 1. The van der Waals surface area contributed by atoms with E-state index in [1.807, 2.05) is 60.7 Å². The minimum Gasteiger partial charge on any atom is -0.441 e. The van der Waals surface area contributed by atoms with Crippen LogP contribution in [-0.4, -0.2) is 22.2 Å². The number of aromatic nitrogens is 2. The SMILES string of the molecule is C[C@@H](OC(=O)Nc1c(-c2ccc(-c3ccc(C4(C=O)CC4)cc3)cc2F)cnn1C)c1ccccc1. The van der Waals surface area contributed by atoms with Gasteiger partial charge in [0.2, 0.25) is 0 Å². The third-order valence-corrected chi connectivity index (χ3v) is 6.78. The molecule has 1 fully saturated rings. The predicted molar refractivity (Wildman–Crippen MR) is 136 cm³/mol. The van der Waals surface area contributed by atoms with E-state index in [-0.39, 0.29) is 5.41 Å². The van der Waals surface area contributed by atoms with Crippen LogP contribution >= 0.6 is 0 Å². The summed E-state index contributed by atoms with van der Waals surface area (Å²) in [6, 6.07) is 22.1. The highest BCUT2D eigenvalue weighted by atomic mass is 19.1. The molecule has 6 nitrogen and oxygen atoms in total. The zero-order valence-corrected chi connectivity index (χ0v) is 20.1. The molecule has 3 aromatic carbocycles. The number of ether oxygens (including phenoxy) is 1. The Morgan fingerprint density at radius 1 is 1.06 bits per heavy atom. The molecule has 1 atom stereocenters. The molecule has 1 saturated carbocycles. The van der Waals surface area contributed by atoms with Crippen molar-refractivity contribution in [3.8, 4) is 22.3 Å². The second-order valence-corrected chi connectivity index (χ2v) is 9.16. The summed E-state index contributed by atoms with van der Waals surface area (Å²) in [7, 11) is 1.67. The van der Waals surface area contributed by atoms with Gasteiger partial charge in [0.15, 0.2) is 0 Å². The van der Waals surface area contributed by atoms with Gasteiger partial charge in [0, 0.05) is 18.2 Å². The number of rotatable bonds is 7. The number of nitrogens with one attached hydrogen (secondary N) is 1. The Hall–Kier alpha value is -4.26. The molecule has 0 spiro atoms. The number of anilines is 1. The molecule has 4 aromatic rings. The molecule has 0 unspecified atom stereocenters. The van der Waals surface area contributed by atoms with Crippen LogP contribution in [0.4, 0.5) is 15.0 Å². The van der Waals surface area contributed by atoms with Crippen LogP contribution in [0.15, 0.2) is 79.0 Å². The van der Waals surface area contributed by atoms with E-state index < -0.39 is 18.0 Å². The minimum absolute atomic E-state index is 0.313. The maximum Gasteiger partial charge on any atom is 0.413 e. The van der Waals surface area contributed by atoms with Crippen molar-refractivity contribution in [3.05, 3.63) is 95.9 Å². The van der Waals surface area contributed by atoms with Crippen LogP contribution in [0.2, 0.25) is 0 Å². The van der Waals surface area contributed by atoms with Gasteiger partial charge in [-0.25, -0.2) is 9.18 Å². The van der Waals surface area contributed by atoms with Crippen LogP contribution in [0.25, 0.3) is 22.3 Å². The van der Waals surface area contributed by atoms with E-state index in [1.54, 1.807) is 20.0 Å². The molecule has 36 heavy (non-hydrogen) atoms. The normalized spacial score (nSPS) is 14.6. The van der Waals surface area contributed by atoms with Crippen molar-refractivity contribution in [1.29, 1.82) is 0 Å². The van der Waals surface area contributed by atoms with Crippen molar-refractivity contribution in [1.82, 2.24) is 9.78 Å². The molecule has 1 aromatic heterocycles. The summed E-state index contributed by atoms with van der Waals surface area (Å²) >= 11 is 0. The highest BCUT2D eigenvalue weighted by molar-refractivity contribution is 5.90. The van der Waals surface area contributed by atoms with E-state index in [0.29, 0.717) is 22.5 Å². The number of carbonyl (C=O) groups is 2. The van der Waals surface area contributed by atoms with Crippen molar-refractivity contribution >= 4 is 18.2 Å². The molecule has 1 heterocycles. The van der Waals surface area contributed by atoms with Gasteiger partial charge < -0.3 is 9.53 Å². The van der Waals surface area contributed by atoms with E-state index in [2.05, 4.69) is 10.4 Å². The van der Waals surface area contributed by atoms with Gasteiger partial charge in [-0.1, -0.05) is 66.7 Å². The van der Waals surface area contributed by atoms with E-state index >= 15 is 4.39 Å². The third-order valence-electron chi connectivity index (χ3n) is 6.78. The first-order chi connectivity index (χ1) is 17.4. The molecular formula is C29H26FN3O3. The average Bonchev–Trinajstić information content (AvgIpc) is 3.63. The van der Waals surface area contributed by atoms with Gasteiger partial charge in [-0.15, -0.1) is 0 Å². The lowest BCUT2D eigenvalue weighted by atomic mass is 9.94. The molecule has 1 N–H and O–H groups in total. The predicted octanol–water partition coefficient (Wildman–Crippen LogP) is 6.43. The Morgan fingerprint density at radius 2 is 1.75 bits per heavy atom. The number of aryl methyl sites for hydroxylation is 1. The second-order valence-electron chi connectivity index (χ2n) is 9.16. The Labute approximate surface area is 208 Å². The molecule has 0 bridgehead atoms. The van der Waals surface area contributed by atoms with Crippen LogP contribution < -0.4 is 5.32 Å². The summed E-state index contributed by atoms with van der Waals surface area (Å²) in [6.07, 6.45) is 3.17. The molecular weight excluding hydrogens is 457 g/mol. The van der Waals surface area contributed by atoms with E-state index in [0.717, 1.165) is 35.8 Å². The number of nitrogens with zero attached hydrogens (tertiary/aromatic N) is 2. The number of hydrogen-bond donors (Lipinski definition) is 1. The Balaban J connectivity index is 1.34. The lowest BCUT2D eigenvalue weighted by Crippen LogP contribution is -2.18. The van der Waals surface area contributed by atoms with Crippen molar-refractivity contribution in [2.24, 2.45) is 7.05 Å². The fourth-order valence-electron chi connectivity index (χ4n) is 4.38. The van der Waals surface area contributed by atoms with Crippen molar-refractivity contribution in [2.75, 3.05) is 5.32 Å². The summed E-state index contributed by atoms with van der Waals surface area (Å²) in [5.41, 5.74) is 3.86. The number of aldehydes is 1. The highest BCUT2D eigenvalue weighted by Crippen LogP contribution is 2.46. The first-order valence-electron chi connectivity index (χ1n) is 11.8. The van der Waals surface area contributed by atoms with Crippen LogP contribution in [0.1, 0.15) is 37.0 Å². The largest absolute Gasteiger partial charge is 0.441 e. The fraction of sp³-hybridized carbons (Fsp3) is 0.207. The first-order valence-corrected chi connectivity index (χ1v) is 11.8. The Bertz CT molecular complexity index is 1410. The zero-order chi connectivity index (χ0) is 25.3. The molecule has 7 heteroatoms. The Morgan fingerprint density at radius 3 is 2.39 bits per heavy atom. The van der Waals surface area contributed by atoms with Crippen molar-refractivity contribution < 1.29 is 18.7 Å². The quantitative estimate of drug-likeness (QED) is 0.307. The number of hydrogen-bond acceptors (Lipinski definition) is 4. The summed E-state index contributed by atoms with van der Waals surface area (Å²) in [6.45, 7) is 1.79. The number of benzene rings is 3. The lowest BCUT2D eigenvalue weighted by molar-refractivity contribution is -0.109. The maximum absolute atomic E-state index is 15.3. The number of carbonyl (C=O) groups excluding carboxylic acids is 2. The molecule has 1 amide bonds. The summed E-state index contributed by atoms with van der Waals surface area (Å²) < 4.78 is 22.3. The van der Waals surface area contributed by atoms with Gasteiger partial charge >= 0.3 is 6.09 Å². The zero-order valence-electron chi connectivity index (χ0n) is 20.1. The van der Waals surface area contributed by atoms with Crippen molar-refractivity contribution in [3.63, 3.8) is 0 Å². The molecule has 5 rings (SSSR count). The topological polar surface area (TPSA) is 73.2 Å².